The summed E-state index contributed by atoms with van der Waals surface area (Å²) in [6.07, 6.45) is 4.57. The van der Waals surface area contributed by atoms with Crippen molar-refractivity contribution < 1.29 is 14.3 Å². The van der Waals surface area contributed by atoms with Crippen LogP contribution in [0.25, 0.3) is 0 Å². The largest absolute Gasteiger partial charge is 0.497 e. The Labute approximate surface area is 101 Å². The zero-order chi connectivity index (χ0) is 12.3. The van der Waals surface area contributed by atoms with E-state index >= 15 is 0 Å². The van der Waals surface area contributed by atoms with E-state index in [1.807, 2.05) is 18.2 Å². The first-order chi connectivity index (χ1) is 8.20. The minimum Gasteiger partial charge on any atom is -0.497 e. The van der Waals surface area contributed by atoms with E-state index in [9.17, 15) is 4.79 Å². The molecule has 0 unspecified atom stereocenters. The van der Waals surface area contributed by atoms with Gasteiger partial charge < -0.3 is 9.47 Å². The molecular weight excluding hydrogens is 216 g/mol. The van der Waals surface area contributed by atoms with E-state index in [0.717, 1.165) is 12.2 Å². The van der Waals surface area contributed by atoms with Gasteiger partial charge in [-0.25, -0.2) is 0 Å². The molecule has 1 aromatic rings. The van der Waals surface area contributed by atoms with Crippen molar-refractivity contribution in [1.29, 1.82) is 0 Å². The molecule has 2 rings (SSSR count). The lowest BCUT2D eigenvalue weighted by Gasteiger charge is -2.01. The molecule has 3 nitrogen and oxygen atoms in total. The van der Waals surface area contributed by atoms with E-state index in [4.69, 9.17) is 9.47 Å². The summed E-state index contributed by atoms with van der Waals surface area (Å²) in [5.41, 5.74) is 1.31. The van der Waals surface area contributed by atoms with E-state index in [2.05, 4.69) is 12.1 Å². The summed E-state index contributed by atoms with van der Waals surface area (Å²) >= 11 is 0. The molecule has 1 saturated carbocycles. The van der Waals surface area contributed by atoms with Gasteiger partial charge in [-0.2, -0.15) is 0 Å². The highest BCUT2D eigenvalue weighted by atomic mass is 16.5. The van der Waals surface area contributed by atoms with Crippen LogP contribution >= 0.6 is 0 Å². The topological polar surface area (TPSA) is 35.5 Å². The minimum atomic E-state index is -0.275. The highest BCUT2D eigenvalue weighted by Crippen LogP contribution is 2.48. The van der Waals surface area contributed by atoms with E-state index in [0.29, 0.717) is 11.8 Å². The zero-order valence-corrected chi connectivity index (χ0v) is 10.1. The minimum absolute atomic E-state index is 0.275. The first-order valence-corrected chi connectivity index (χ1v) is 5.68. The van der Waals surface area contributed by atoms with Crippen molar-refractivity contribution in [2.24, 2.45) is 5.92 Å². The van der Waals surface area contributed by atoms with Gasteiger partial charge in [0.2, 0.25) is 0 Å². The smallest absolute Gasteiger partial charge is 0.307 e. The first kappa shape index (κ1) is 11.7. The maximum atomic E-state index is 10.6. The van der Waals surface area contributed by atoms with Gasteiger partial charge in [-0.1, -0.05) is 12.1 Å². The van der Waals surface area contributed by atoms with Gasteiger partial charge in [0.1, 0.15) is 5.75 Å². The second-order valence-corrected chi connectivity index (χ2v) is 4.22. The maximum absolute atomic E-state index is 10.6. The van der Waals surface area contributed by atoms with Gasteiger partial charge in [-0.05, 0) is 42.0 Å². The number of carbonyl (C=O) groups excluding carboxylic acids is 1. The number of ether oxygens (including phenoxy) is 2. The highest BCUT2D eigenvalue weighted by Gasteiger charge is 2.36. The second-order valence-electron chi connectivity index (χ2n) is 4.22. The predicted octanol–water partition coefficient (Wildman–Crippen LogP) is 2.88. The van der Waals surface area contributed by atoms with Crippen LogP contribution in [0.3, 0.4) is 0 Å². The number of rotatable bonds is 4. The van der Waals surface area contributed by atoms with Crippen LogP contribution in [-0.2, 0) is 9.53 Å². The second kappa shape index (κ2) is 5.04. The Kier molecular flexibility index (Phi) is 3.47. The van der Waals surface area contributed by atoms with Gasteiger partial charge in [0.05, 0.1) is 13.4 Å². The van der Waals surface area contributed by atoms with Crippen molar-refractivity contribution >= 4 is 5.97 Å². The Morgan fingerprint density at radius 1 is 1.35 bits per heavy atom. The Morgan fingerprint density at radius 3 is 2.65 bits per heavy atom. The van der Waals surface area contributed by atoms with Crippen LogP contribution in [0.4, 0.5) is 0 Å². The molecule has 0 radical (unpaired) electrons. The van der Waals surface area contributed by atoms with Crippen molar-refractivity contribution in [2.45, 2.75) is 19.3 Å². The lowest BCUT2D eigenvalue weighted by Crippen LogP contribution is -1.90. The number of allylic oxidation sites excluding steroid dienone is 1. The third-order valence-corrected chi connectivity index (χ3v) is 2.94. The van der Waals surface area contributed by atoms with Crippen molar-refractivity contribution in [3.63, 3.8) is 0 Å². The molecule has 0 heterocycles. The SMILES string of the molecule is COc1ccc([C@H]2C[C@H]2/C=C\OC(C)=O)cc1. The molecule has 0 bridgehead atoms. The van der Waals surface area contributed by atoms with Crippen LogP contribution in [0.1, 0.15) is 24.8 Å². The molecule has 1 fully saturated rings. The van der Waals surface area contributed by atoms with Crippen molar-refractivity contribution in [2.75, 3.05) is 7.11 Å². The first-order valence-electron chi connectivity index (χ1n) is 5.68. The Balaban J connectivity index is 1.89. The molecule has 90 valence electrons. The summed E-state index contributed by atoms with van der Waals surface area (Å²) < 4.78 is 9.89. The predicted molar refractivity (Wildman–Crippen MR) is 64.7 cm³/mol. The summed E-state index contributed by atoms with van der Waals surface area (Å²) in [5, 5.41) is 0. The molecule has 1 aliphatic carbocycles. The number of hydrogen-bond donors (Lipinski definition) is 0. The number of carbonyl (C=O) groups is 1. The molecule has 1 aliphatic rings. The average molecular weight is 232 g/mol. The number of benzene rings is 1. The Hall–Kier alpha value is -1.77. The molecule has 0 aliphatic heterocycles. The van der Waals surface area contributed by atoms with Crippen molar-refractivity contribution in [1.82, 2.24) is 0 Å². The van der Waals surface area contributed by atoms with Crippen LogP contribution in [0.2, 0.25) is 0 Å². The molecular formula is C14H16O3. The zero-order valence-electron chi connectivity index (χ0n) is 10.1. The molecule has 17 heavy (non-hydrogen) atoms. The molecule has 0 N–H and O–H groups in total. The Morgan fingerprint density at radius 2 is 2.06 bits per heavy atom. The van der Waals surface area contributed by atoms with Gasteiger partial charge in [-0.15, -0.1) is 0 Å². The molecule has 1 aromatic carbocycles. The fourth-order valence-electron chi connectivity index (χ4n) is 1.90. The van der Waals surface area contributed by atoms with E-state index in [1.54, 1.807) is 7.11 Å². The summed E-state index contributed by atoms with van der Waals surface area (Å²) in [6.45, 7) is 1.40. The van der Waals surface area contributed by atoms with Crippen LogP contribution < -0.4 is 4.74 Å². The van der Waals surface area contributed by atoms with Crippen LogP contribution in [0.15, 0.2) is 36.6 Å². The molecule has 0 aromatic heterocycles. The van der Waals surface area contributed by atoms with Gasteiger partial charge in [-0.3, -0.25) is 4.79 Å². The molecule has 3 heteroatoms. The van der Waals surface area contributed by atoms with E-state index in [-0.39, 0.29) is 5.97 Å². The van der Waals surface area contributed by atoms with Crippen LogP contribution in [0, 0.1) is 5.92 Å². The monoisotopic (exact) mass is 232 g/mol. The summed E-state index contributed by atoms with van der Waals surface area (Å²) in [4.78, 5) is 10.6. The van der Waals surface area contributed by atoms with Crippen LogP contribution in [-0.4, -0.2) is 13.1 Å². The van der Waals surface area contributed by atoms with Gasteiger partial charge >= 0.3 is 5.97 Å². The maximum Gasteiger partial charge on any atom is 0.307 e. The fraction of sp³-hybridized carbons (Fsp3) is 0.357. The molecule has 0 spiro atoms. The van der Waals surface area contributed by atoms with Gasteiger partial charge in [0, 0.05) is 6.92 Å². The average Bonchev–Trinajstić information content (AvgIpc) is 3.08. The number of hydrogen-bond acceptors (Lipinski definition) is 3. The van der Waals surface area contributed by atoms with Crippen molar-refractivity contribution in [3.05, 3.63) is 42.2 Å². The van der Waals surface area contributed by atoms with E-state index in [1.165, 1.54) is 18.7 Å². The Bertz CT molecular complexity index is 420. The highest BCUT2D eigenvalue weighted by molar-refractivity contribution is 5.66. The normalized spacial score (nSPS) is 22.5. The molecule has 2 atom stereocenters. The van der Waals surface area contributed by atoms with E-state index < -0.39 is 0 Å². The molecule has 0 saturated heterocycles. The standard InChI is InChI=1S/C14H16O3/c1-10(15)17-8-7-12-9-14(12)11-3-5-13(16-2)6-4-11/h3-8,12,14H,9H2,1-2H3/b8-7-/t12-,14-/m1/s1. The molecule has 0 amide bonds. The number of esters is 1. The summed E-state index contributed by atoms with van der Waals surface area (Å²) in [7, 11) is 1.66. The third kappa shape index (κ3) is 3.09. The number of methoxy groups -OCH3 is 1. The fourth-order valence-corrected chi connectivity index (χ4v) is 1.90. The van der Waals surface area contributed by atoms with Gasteiger partial charge in [0.25, 0.3) is 0 Å². The van der Waals surface area contributed by atoms with Crippen LogP contribution in [0.5, 0.6) is 5.75 Å². The summed E-state index contributed by atoms with van der Waals surface area (Å²) in [5.74, 6) is 1.64. The third-order valence-electron chi connectivity index (χ3n) is 2.94. The quantitative estimate of drug-likeness (QED) is 0.591. The summed E-state index contributed by atoms with van der Waals surface area (Å²) in [6, 6.07) is 8.12. The lowest BCUT2D eigenvalue weighted by atomic mass is 10.1. The van der Waals surface area contributed by atoms with Crippen molar-refractivity contribution in [3.8, 4) is 5.75 Å². The lowest BCUT2D eigenvalue weighted by molar-refractivity contribution is -0.135. The van der Waals surface area contributed by atoms with Gasteiger partial charge in [0.15, 0.2) is 0 Å².